The first-order valence-corrected chi connectivity index (χ1v) is 10.9. The molecule has 8 heteroatoms. The summed E-state index contributed by atoms with van der Waals surface area (Å²) in [7, 11) is -3.27. The average Bonchev–Trinajstić information content (AvgIpc) is 2.73. The van der Waals surface area contributed by atoms with Crippen LogP contribution < -0.4 is 15.0 Å². The van der Waals surface area contributed by atoms with Crippen LogP contribution in [0.5, 0.6) is 5.75 Å². The van der Waals surface area contributed by atoms with Gasteiger partial charge in [-0.25, -0.2) is 18.2 Å². The number of aromatic nitrogens is 1. The molecule has 0 radical (unpaired) electrons. The fourth-order valence-electron chi connectivity index (χ4n) is 3.04. The first-order chi connectivity index (χ1) is 13.9. The second-order valence-corrected chi connectivity index (χ2v) is 8.63. The predicted molar refractivity (Wildman–Crippen MR) is 111 cm³/mol. The first kappa shape index (κ1) is 18.9. The Balaban J connectivity index is 1.64. The normalized spacial score (nSPS) is 13.3. The number of para-hydroxylation sites is 1. The Morgan fingerprint density at radius 1 is 1.03 bits per heavy atom. The first-order valence-electron chi connectivity index (χ1n) is 9.00. The summed E-state index contributed by atoms with van der Waals surface area (Å²) in [6, 6.07) is 18.9. The molecule has 2 amide bonds. The van der Waals surface area contributed by atoms with Crippen molar-refractivity contribution in [2.24, 2.45) is 0 Å². The Morgan fingerprint density at radius 2 is 1.76 bits per heavy atom. The van der Waals surface area contributed by atoms with Gasteiger partial charge in [0, 0.05) is 17.5 Å². The third-order valence-electron chi connectivity index (χ3n) is 4.52. The van der Waals surface area contributed by atoms with E-state index in [4.69, 9.17) is 4.74 Å². The standard InChI is InChI=1S/C21H19N3O4S/c1-29(26,27)17-9-7-15(8-10-17)18-11-12-19-20(23-18)24(13-14-28-19)21(25)22-16-5-3-2-4-6-16/h2-12H,13-14H2,1H3,(H,22,25). The maximum atomic E-state index is 12.8. The van der Waals surface area contributed by atoms with Crippen LogP contribution in [0.4, 0.5) is 16.3 Å². The van der Waals surface area contributed by atoms with Crippen molar-refractivity contribution < 1.29 is 17.9 Å². The molecule has 3 aromatic rings. The van der Waals surface area contributed by atoms with Crippen molar-refractivity contribution in [3.05, 3.63) is 66.7 Å². The second kappa shape index (κ2) is 7.56. The summed E-state index contributed by atoms with van der Waals surface area (Å²) < 4.78 is 29.0. The number of nitrogens with one attached hydrogen (secondary N) is 1. The minimum atomic E-state index is -3.27. The molecule has 0 bridgehead atoms. The number of amides is 2. The van der Waals surface area contributed by atoms with Crippen molar-refractivity contribution in [1.29, 1.82) is 0 Å². The molecule has 7 nitrogen and oxygen atoms in total. The molecule has 2 aromatic carbocycles. The fourth-order valence-corrected chi connectivity index (χ4v) is 3.67. The van der Waals surface area contributed by atoms with E-state index < -0.39 is 9.84 Å². The Labute approximate surface area is 168 Å². The highest BCUT2D eigenvalue weighted by molar-refractivity contribution is 7.90. The second-order valence-electron chi connectivity index (χ2n) is 6.61. The van der Waals surface area contributed by atoms with Gasteiger partial charge in [0.25, 0.3) is 0 Å². The maximum absolute atomic E-state index is 12.8. The van der Waals surface area contributed by atoms with Crippen LogP contribution in [0.2, 0.25) is 0 Å². The molecule has 0 saturated carbocycles. The number of anilines is 2. The van der Waals surface area contributed by atoms with Crippen molar-refractivity contribution in [3.8, 4) is 17.0 Å². The van der Waals surface area contributed by atoms with Crippen molar-refractivity contribution in [3.63, 3.8) is 0 Å². The zero-order valence-corrected chi connectivity index (χ0v) is 16.5. The highest BCUT2D eigenvalue weighted by atomic mass is 32.2. The van der Waals surface area contributed by atoms with Crippen LogP contribution in [-0.2, 0) is 9.84 Å². The van der Waals surface area contributed by atoms with Gasteiger partial charge in [-0.2, -0.15) is 0 Å². The quantitative estimate of drug-likeness (QED) is 0.714. The third kappa shape index (κ3) is 4.07. The molecule has 0 saturated heterocycles. The number of carbonyl (C=O) groups excluding carboxylic acids is 1. The average molecular weight is 409 g/mol. The fraction of sp³-hybridized carbons (Fsp3) is 0.143. The molecular weight excluding hydrogens is 390 g/mol. The number of sulfone groups is 1. The Bertz CT molecular complexity index is 1150. The minimum Gasteiger partial charge on any atom is -0.488 e. The van der Waals surface area contributed by atoms with Gasteiger partial charge in [-0.05, 0) is 36.4 Å². The van der Waals surface area contributed by atoms with Gasteiger partial charge in [0.2, 0.25) is 0 Å². The summed E-state index contributed by atoms with van der Waals surface area (Å²) in [6.07, 6.45) is 1.17. The van der Waals surface area contributed by atoms with Crippen LogP contribution in [0.1, 0.15) is 0 Å². The lowest BCUT2D eigenvalue weighted by atomic mass is 10.1. The zero-order chi connectivity index (χ0) is 20.4. The van der Waals surface area contributed by atoms with Crippen LogP contribution in [0.3, 0.4) is 0 Å². The molecule has 1 aromatic heterocycles. The van der Waals surface area contributed by atoms with E-state index in [2.05, 4.69) is 10.3 Å². The molecule has 0 spiro atoms. The largest absolute Gasteiger partial charge is 0.488 e. The van der Waals surface area contributed by atoms with Crippen molar-refractivity contribution in [1.82, 2.24) is 4.98 Å². The van der Waals surface area contributed by atoms with Gasteiger partial charge in [-0.1, -0.05) is 30.3 Å². The zero-order valence-electron chi connectivity index (χ0n) is 15.7. The highest BCUT2D eigenvalue weighted by Gasteiger charge is 2.26. The summed E-state index contributed by atoms with van der Waals surface area (Å²) in [5.41, 5.74) is 2.05. The van der Waals surface area contributed by atoms with Crippen molar-refractivity contribution in [2.75, 3.05) is 29.6 Å². The molecule has 1 N–H and O–H groups in total. The number of urea groups is 1. The van der Waals surface area contributed by atoms with Gasteiger partial charge in [0.15, 0.2) is 21.4 Å². The lowest BCUT2D eigenvalue weighted by Crippen LogP contribution is -2.41. The number of rotatable bonds is 3. The summed E-state index contributed by atoms with van der Waals surface area (Å²) in [4.78, 5) is 19.2. The number of pyridine rings is 1. The molecule has 4 rings (SSSR count). The van der Waals surface area contributed by atoms with E-state index in [0.29, 0.717) is 36.1 Å². The van der Waals surface area contributed by atoms with Crippen LogP contribution in [-0.4, -0.2) is 38.8 Å². The molecule has 29 heavy (non-hydrogen) atoms. The molecule has 0 atom stereocenters. The topological polar surface area (TPSA) is 88.6 Å². The number of benzene rings is 2. The van der Waals surface area contributed by atoms with Crippen molar-refractivity contribution in [2.45, 2.75) is 4.90 Å². The Kier molecular flexibility index (Phi) is 4.94. The van der Waals surface area contributed by atoms with E-state index in [-0.39, 0.29) is 10.9 Å². The van der Waals surface area contributed by atoms with Gasteiger partial charge in [-0.15, -0.1) is 0 Å². The van der Waals surface area contributed by atoms with Crippen LogP contribution in [0.15, 0.2) is 71.6 Å². The van der Waals surface area contributed by atoms with E-state index in [1.54, 1.807) is 41.3 Å². The van der Waals surface area contributed by atoms with Crippen LogP contribution in [0.25, 0.3) is 11.3 Å². The summed E-state index contributed by atoms with van der Waals surface area (Å²) in [5.74, 6) is 0.949. The number of carbonyl (C=O) groups is 1. The van der Waals surface area contributed by atoms with Crippen molar-refractivity contribution >= 4 is 27.4 Å². The molecule has 1 aliphatic heterocycles. The molecular formula is C21H19N3O4S. The van der Waals surface area contributed by atoms with Gasteiger partial charge >= 0.3 is 6.03 Å². The SMILES string of the molecule is CS(=O)(=O)c1ccc(-c2ccc3c(n2)N(C(=O)Nc2ccccc2)CCO3)cc1. The monoisotopic (exact) mass is 409 g/mol. The molecule has 0 aliphatic carbocycles. The number of ether oxygens (including phenoxy) is 1. The third-order valence-corrected chi connectivity index (χ3v) is 5.64. The van der Waals surface area contributed by atoms with Gasteiger partial charge in [0.1, 0.15) is 6.61 Å². The van der Waals surface area contributed by atoms with E-state index >= 15 is 0 Å². The predicted octanol–water partition coefficient (Wildman–Crippen LogP) is 3.58. The number of hydrogen-bond donors (Lipinski definition) is 1. The lowest BCUT2D eigenvalue weighted by molar-refractivity contribution is 0.249. The molecule has 148 valence electrons. The summed E-state index contributed by atoms with van der Waals surface area (Å²) in [6.45, 7) is 0.744. The van der Waals surface area contributed by atoms with Crippen LogP contribution in [0, 0.1) is 0 Å². The van der Waals surface area contributed by atoms with Gasteiger partial charge in [-0.3, -0.25) is 4.90 Å². The summed E-state index contributed by atoms with van der Waals surface area (Å²) >= 11 is 0. The Morgan fingerprint density at radius 3 is 2.45 bits per heavy atom. The lowest BCUT2D eigenvalue weighted by Gasteiger charge is -2.28. The van der Waals surface area contributed by atoms with E-state index in [1.165, 1.54) is 6.26 Å². The Hall–Kier alpha value is -3.39. The number of nitrogens with zero attached hydrogens (tertiary/aromatic N) is 2. The van der Waals surface area contributed by atoms with Gasteiger partial charge in [0.05, 0.1) is 17.1 Å². The van der Waals surface area contributed by atoms with Crippen LogP contribution >= 0.6 is 0 Å². The maximum Gasteiger partial charge on any atom is 0.327 e. The van der Waals surface area contributed by atoms with E-state index in [0.717, 1.165) is 5.56 Å². The van der Waals surface area contributed by atoms with Gasteiger partial charge < -0.3 is 10.1 Å². The molecule has 0 fully saturated rings. The number of fused-ring (bicyclic) bond motifs is 1. The molecule has 1 aliphatic rings. The summed E-state index contributed by atoms with van der Waals surface area (Å²) in [5, 5.41) is 2.86. The highest BCUT2D eigenvalue weighted by Crippen LogP contribution is 2.33. The van der Waals surface area contributed by atoms with E-state index in [9.17, 15) is 13.2 Å². The molecule has 2 heterocycles. The minimum absolute atomic E-state index is 0.242. The smallest absolute Gasteiger partial charge is 0.327 e. The number of hydrogen-bond acceptors (Lipinski definition) is 5. The van der Waals surface area contributed by atoms with E-state index in [1.807, 2.05) is 30.3 Å². The molecule has 0 unspecified atom stereocenters.